The van der Waals surface area contributed by atoms with Gasteiger partial charge >= 0.3 is 5.97 Å². The number of amides is 1. The lowest BCUT2D eigenvalue weighted by Crippen LogP contribution is -2.57. The van der Waals surface area contributed by atoms with Crippen molar-refractivity contribution in [3.63, 3.8) is 0 Å². The molecule has 0 radical (unpaired) electrons. The molecular formula is C26H32N4O6. The average molecular weight is 497 g/mol. The van der Waals surface area contributed by atoms with E-state index in [1.807, 2.05) is 36.1 Å². The van der Waals surface area contributed by atoms with E-state index in [-0.39, 0.29) is 18.1 Å². The highest BCUT2D eigenvalue weighted by atomic mass is 16.5. The number of nitrogens with zero attached hydrogens (tertiary/aromatic N) is 3. The Labute approximate surface area is 210 Å². The Bertz CT molecular complexity index is 1130. The highest BCUT2D eigenvalue weighted by molar-refractivity contribution is 6.08. The molecule has 2 atom stereocenters. The zero-order valence-electron chi connectivity index (χ0n) is 20.8. The lowest BCUT2D eigenvalue weighted by Gasteiger charge is -2.40. The first-order valence-electron chi connectivity index (χ1n) is 12.1. The predicted molar refractivity (Wildman–Crippen MR) is 134 cm³/mol. The van der Waals surface area contributed by atoms with E-state index in [1.54, 1.807) is 26.2 Å². The Balaban J connectivity index is 1.60. The SMILES string of the molecule is CCOC(=O)C1C(=O)NC(N2CCN(c3ccccc3OC)CC2)=NC1c1ccc(O)c(OCC)c1. The van der Waals surface area contributed by atoms with Crippen molar-refractivity contribution in [2.45, 2.75) is 19.9 Å². The van der Waals surface area contributed by atoms with Crippen LogP contribution < -0.4 is 19.7 Å². The first kappa shape index (κ1) is 25.2. The van der Waals surface area contributed by atoms with Crippen molar-refractivity contribution in [1.82, 2.24) is 10.2 Å². The van der Waals surface area contributed by atoms with E-state index in [9.17, 15) is 14.7 Å². The van der Waals surface area contributed by atoms with Gasteiger partial charge in [0, 0.05) is 26.2 Å². The van der Waals surface area contributed by atoms with E-state index in [0.29, 0.717) is 44.3 Å². The molecule has 10 nitrogen and oxygen atoms in total. The van der Waals surface area contributed by atoms with Gasteiger partial charge in [-0.1, -0.05) is 18.2 Å². The van der Waals surface area contributed by atoms with Gasteiger partial charge in [-0.25, -0.2) is 4.99 Å². The van der Waals surface area contributed by atoms with Crippen LogP contribution in [0.1, 0.15) is 25.5 Å². The Hall–Kier alpha value is -3.95. The third kappa shape index (κ3) is 5.17. The van der Waals surface area contributed by atoms with Gasteiger partial charge in [0.05, 0.1) is 26.0 Å². The molecule has 1 amide bonds. The number of carbonyl (C=O) groups excluding carboxylic acids is 2. The molecule has 1 fully saturated rings. The van der Waals surface area contributed by atoms with Crippen LogP contribution in [0.25, 0.3) is 0 Å². The average Bonchev–Trinajstić information content (AvgIpc) is 2.89. The van der Waals surface area contributed by atoms with Crippen molar-refractivity contribution in [3.8, 4) is 17.2 Å². The second-order valence-electron chi connectivity index (χ2n) is 8.42. The number of piperazine rings is 1. The topological polar surface area (TPSA) is 113 Å². The van der Waals surface area contributed by atoms with E-state index in [1.165, 1.54) is 6.07 Å². The third-order valence-corrected chi connectivity index (χ3v) is 6.27. The van der Waals surface area contributed by atoms with Crippen molar-refractivity contribution < 1.29 is 28.9 Å². The lowest BCUT2D eigenvalue weighted by atomic mass is 9.91. The van der Waals surface area contributed by atoms with Gasteiger partial charge in [-0.05, 0) is 43.7 Å². The number of rotatable bonds is 7. The number of hydrogen-bond acceptors (Lipinski definition) is 9. The van der Waals surface area contributed by atoms with Crippen LogP contribution in [0.2, 0.25) is 0 Å². The summed E-state index contributed by atoms with van der Waals surface area (Å²) in [7, 11) is 1.65. The minimum absolute atomic E-state index is 0.0230. The van der Waals surface area contributed by atoms with Crippen LogP contribution in [0.4, 0.5) is 5.69 Å². The summed E-state index contributed by atoms with van der Waals surface area (Å²) < 4.78 is 16.2. The number of anilines is 1. The lowest BCUT2D eigenvalue weighted by molar-refractivity contribution is -0.153. The Morgan fingerprint density at radius 3 is 2.47 bits per heavy atom. The molecule has 0 bridgehead atoms. The second kappa shape index (κ2) is 11.2. The smallest absolute Gasteiger partial charge is 0.321 e. The van der Waals surface area contributed by atoms with Crippen LogP contribution in [0.5, 0.6) is 17.2 Å². The van der Waals surface area contributed by atoms with Crippen molar-refractivity contribution >= 4 is 23.5 Å². The summed E-state index contributed by atoms with van der Waals surface area (Å²) in [6.45, 7) is 6.65. The van der Waals surface area contributed by atoms with E-state index in [2.05, 4.69) is 10.2 Å². The molecule has 4 rings (SSSR count). The number of nitrogens with one attached hydrogen (secondary N) is 1. The van der Waals surface area contributed by atoms with Gasteiger partial charge in [-0.2, -0.15) is 0 Å². The van der Waals surface area contributed by atoms with E-state index < -0.39 is 23.8 Å². The maximum Gasteiger partial charge on any atom is 0.321 e. The quantitative estimate of drug-likeness (QED) is 0.444. The fourth-order valence-corrected chi connectivity index (χ4v) is 4.50. The Morgan fingerprint density at radius 2 is 1.78 bits per heavy atom. The number of benzene rings is 2. The normalized spacial score (nSPS) is 19.9. The number of aromatic hydroxyl groups is 1. The van der Waals surface area contributed by atoms with E-state index in [4.69, 9.17) is 19.2 Å². The van der Waals surface area contributed by atoms with Crippen LogP contribution in [-0.2, 0) is 14.3 Å². The summed E-state index contributed by atoms with van der Waals surface area (Å²) in [4.78, 5) is 34.9. The zero-order valence-corrected chi connectivity index (χ0v) is 20.8. The number of ether oxygens (including phenoxy) is 3. The number of guanidine groups is 1. The molecule has 10 heteroatoms. The summed E-state index contributed by atoms with van der Waals surface area (Å²) in [5.41, 5.74) is 1.59. The van der Waals surface area contributed by atoms with E-state index in [0.717, 1.165) is 11.4 Å². The molecule has 2 aliphatic heterocycles. The number of phenols is 1. The number of para-hydroxylation sites is 2. The molecule has 0 aliphatic carbocycles. The van der Waals surface area contributed by atoms with Gasteiger partial charge in [0.1, 0.15) is 11.8 Å². The largest absolute Gasteiger partial charge is 0.504 e. The standard InChI is InChI=1S/C26H32N4O6/c1-4-35-21-16-17(10-11-19(21)31)23-22(25(33)36-5-2)24(32)28-26(27-23)30-14-12-29(13-15-30)18-8-6-7-9-20(18)34-3/h6-11,16,22-23,31H,4-5,12-15H2,1-3H3,(H,27,28,32). The van der Waals surface area contributed by atoms with E-state index >= 15 is 0 Å². The minimum Gasteiger partial charge on any atom is -0.504 e. The minimum atomic E-state index is -1.15. The van der Waals surface area contributed by atoms with Gasteiger partial charge in [0.2, 0.25) is 11.9 Å². The van der Waals surface area contributed by atoms with Crippen molar-refractivity contribution in [3.05, 3.63) is 48.0 Å². The second-order valence-corrected chi connectivity index (χ2v) is 8.42. The molecule has 2 aromatic rings. The Kier molecular flexibility index (Phi) is 7.82. The van der Waals surface area contributed by atoms with Crippen LogP contribution in [0.3, 0.4) is 0 Å². The fourth-order valence-electron chi connectivity index (χ4n) is 4.50. The molecule has 0 aromatic heterocycles. The highest BCUT2D eigenvalue weighted by Crippen LogP contribution is 2.36. The van der Waals surface area contributed by atoms with Gasteiger partial charge in [-0.15, -0.1) is 0 Å². The summed E-state index contributed by atoms with van der Waals surface area (Å²) >= 11 is 0. The number of aliphatic imine (C=N–C) groups is 1. The van der Waals surface area contributed by atoms with Crippen molar-refractivity contribution in [2.75, 3.05) is 51.4 Å². The molecule has 1 saturated heterocycles. The zero-order chi connectivity index (χ0) is 25.7. The van der Waals surface area contributed by atoms with Crippen LogP contribution in [0.15, 0.2) is 47.5 Å². The molecule has 36 heavy (non-hydrogen) atoms. The molecule has 2 aliphatic rings. The van der Waals surface area contributed by atoms with Crippen LogP contribution in [0, 0.1) is 5.92 Å². The number of hydrogen-bond donors (Lipinski definition) is 2. The molecule has 192 valence electrons. The molecule has 2 unspecified atom stereocenters. The number of methoxy groups -OCH3 is 1. The van der Waals surface area contributed by atoms with Gasteiger partial charge in [0.15, 0.2) is 17.4 Å². The monoisotopic (exact) mass is 496 g/mol. The maximum absolute atomic E-state index is 13.2. The summed E-state index contributed by atoms with van der Waals surface area (Å²) in [5, 5.41) is 13.0. The highest BCUT2D eigenvalue weighted by Gasteiger charge is 2.42. The predicted octanol–water partition coefficient (Wildman–Crippen LogP) is 2.33. The first-order chi connectivity index (χ1) is 17.5. The molecule has 2 N–H and O–H groups in total. The third-order valence-electron chi connectivity index (χ3n) is 6.27. The maximum atomic E-state index is 13.2. The molecule has 0 saturated carbocycles. The first-order valence-corrected chi connectivity index (χ1v) is 12.1. The van der Waals surface area contributed by atoms with Gasteiger partial charge < -0.3 is 29.1 Å². The number of phenolic OH excluding ortho intramolecular Hbond substituents is 1. The molecular weight excluding hydrogens is 464 g/mol. The number of carbonyl (C=O) groups is 2. The number of esters is 1. The molecule has 2 aromatic carbocycles. The van der Waals surface area contributed by atoms with Crippen LogP contribution in [-0.4, -0.2) is 74.3 Å². The van der Waals surface area contributed by atoms with Crippen molar-refractivity contribution in [1.29, 1.82) is 0 Å². The fraction of sp³-hybridized carbons (Fsp3) is 0.423. The summed E-state index contributed by atoms with van der Waals surface area (Å²) in [6, 6.07) is 11.8. The van der Waals surface area contributed by atoms with Gasteiger partial charge in [0.25, 0.3) is 0 Å². The summed E-state index contributed by atoms with van der Waals surface area (Å²) in [6.07, 6.45) is 0. The molecule has 0 spiro atoms. The van der Waals surface area contributed by atoms with Gasteiger partial charge in [-0.3, -0.25) is 14.9 Å². The summed E-state index contributed by atoms with van der Waals surface area (Å²) in [5.74, 6) is -0.796. The van der Waals surface area contributed by atoms with Crippen molar-refractivity contribution in [2.24, 2.45) is 10.9 Å². The molecule has 2 heterocycles. The van der Waals surface area contributed by atoms with Crippen LogP contribution >= 0.6 is 0 Å². The Morgan fingerprint density at radius 1 is 1.06 bits per heavy atom.